The van der Waals surface area contributed by atoms with Crippen LogP contribution in [0.25, 0.3) is 0 Å². The van der Waals surface area contributed by atoms with Gasteiger partial charge in [-0.1, -0.05) is 199 Å². The van der Waals surface area contributed by atoms with E-state index in [9.17, 15) is 25.2 Å². The quantitative estimate of drug-likeness (QED) is 0.0270. The van der Waals surface area contributed by atoms with Gasteiger partial charge in [0.25, 0.3) is 0 Å². The standard InChI is InChI=1S/C48H92O9/c1-3-5-7-9-11-13-15-16-17-18-19-20-21-22-23-24-25-26-27-28-30-32-34-36-38-54-40-42(41-55-48-47(53)46(52)45(51)43(39-49)57-48)56-44(50)37-35-33-31-29-14-12-10-8-6-4-2/h8,10,42-43,45-49,51-53H,3-7,9,11-41H2,1-2H3/b10-8-. The van der Waals surface area contributed by atoms with Gasteiger partial charge in [-0.25, -0.2) is 0 Å². The van der Waals surface area contributed by atoms with Crippen LogP contribution in [0.3, 0.4) is 0 Å². The number of aliphatic hydroxyl groups is 4. The largest absolute Gasteiger partial charge is 0.457 e. The molecule has 1 heterocycles. The van der Waals surface area contributed by atoms with Crippen LogP contribution in [0.2, 0.25) is 0 Å². The van der Waals surface area contributed by atoms with E-state index in [1.54, 1.807) is 0 Å². The number of carbonyl (C=O) groups excluding carboxylic acids is 1. The Balaban J connectivity index is 2.13. The molecule has 0 aromatic heterocycles. The Morgan fingerprint density at radius 1 is 0.544 bits per heavy atom. The topological polar surface area (TPSA) is 135 Å². The third-order valence-electron chi connectivity index (χ3n) is 11.4. The predicted octanol–water partition coefficient (Wildman–Crippen LogP) is 11.2. The molecule has 0 aliphatic carbocycles. The zero-order valence-electron chi connectivity index (χ0n) is 37.1. The monoisotopic (exact) mass is 813 g/mol. The molecule has 0 aromatic carbocycles. The minimum Gasteiger partial charge on any atom is -0.457 e. The highest BCUT2D eigenvalue weighted by Crippen LogP contribution is 2.23. The molecule has 1 aliphatic rings. The summed E-state index contributed by atoms with van der Waals surface area (Å²) in [5.41, 5.74) is 0. The van der Waals surface area contributed by atoms with Crippen LogP contribution in [0.5, 0.6) is 0 Å². The second-order valence-corrected chi connectivity index (χ2v) is 16.9. The maximum atomic E-state index is 12.7. The molecule has 0 amide bonds. The van der Waals surface area contributed by atoms with Gasteiger partial charge in [0.1, 0.15) is 30.5 Å². The van der Waals surface area contributed by atoms with Crippen molar-refractivity contribution in [3.8, 4) is 0 Å². The number of carbonyl (C=O) groups is 1. The number of hydrogen-bond acceptors (Lipinski definition) is 9. The van der Waals surface area contributed by atoms with Gasteiger partial charge in [-0.2, -0.15) is 0 Å². The third-order valence-corrected chi connectivity index (χ3v) is 11.4. The van der Waals surface area contributed by atoms with Crippen molar-refractivity contribution >= 4 is 5.97 Å². The van der Waals surface area contributed by atoms with Gasteiger partial charge in [-0.05, 0) is 32.1 Å². The molecule has 6 atom stereocenters. The molecule has 6 unspecified atom stereocenters. The van der Waals surface area contributed by atoms with E-state index in [1.165, 1.54) is 154 Å². The summed E-state index contributed by atoms with van der Waals surface area (Å²) in [5.74, 6) is -0.321. The maximum absolute atomic E-state index is 12.7. The maximum Gasteiger partial charge on any atom is 0.306 e. The number of esters is 1. The predicted molar refractivity (Wildman–Crippen MR) is 233 cm³/mol. The van der Waals surface area contributed by atoms with Crippen molar-refractivity contribution < 1.29 is 44.2 Å². The van der Waals surface area contributed by atoms with Crippen LogP contribution in [-0.2, 0) is 23.7 Å². The fourth-order valence-corrected chi connectivity index (χ4v) is 7.61. The second kappa shape index (κ2) is 40.3. The zero-order chi connectivity index (χ0) is 41.4. The van der Waals surface area contributed by atoms with Crippen LogP contribution in [0.1, 0.15) is 226 Å². The molecule has 1 fully saturated rings. The van der Waals surface area contributed by atoms with E-state index in [1.807, 2.05) is 0 Å². The van der Waals surface area contributed by atoms with Crippen molar-refractivity contribution in [3.63, 3.8) is 0 Å². The summed E-state index contributed by atoms with van der Waals surface area (Å²) in [4.78, 5) is 12.7. The first-order chi connectivity index (χ1) is 27.9. The lowest BCUT2D eigenvalue weighted by molar-refractivity contribution is -0.305. The Morgan fingerprint density at radius 2 is 1.00 bits per heavy atom. The highest BCUT2D eigenvalue weighted by Gasteiger charge is 2.44. The van der Waals surface area contributed by atoms with Gasteiger partial charge < -0.3 is 39.4 Å². The number of aliphatic hydroxyl groups excluding tert-OH is 4. The van der Waals surface area contributed by atoms with Gasteiger partial charge in [0.15, 0.2) is 6.29 Å². The summed E-state index contributed by atoms with van der Waals surface area (Å²) in [5, 5.41) is 40.1. The van der Waals surface area contributed by atoms with E-state index < -0.39 is 43.4 Å². The minimum atomic E-state index is -1.53. The van der Waals surface area contributed by atoms with Crippen molar-refractivity contribution in [1.82, 2.24) is 0 Å². The Labute approximate surface area is 350 Å². The Hall–Kier alpha value is -1.07. The minimum absolute atomic E-state index is 0.112. The highest BCUT2D eigenvalue weighted by molar-refractivity contribution is 5.69. The number of rotatable bonds is 42. The summed E-state index contributed by atoms with van der Waals surface area (Å²) in [6, 6.07) is 0. The fraction of sp³-hybridized carbons (Fsp3) is 0.938. The molecule has 0 radical (unpaired) electrons. The van der Waals surface area contributed by atoms with Gasteiger partial charge in [0, 0.05) is 13.0 Å². The van der Waals surface area contributed by atoms with Crippen LogP contribution >= 0.6 is 0 Å². The normalized spacial score (nSPS) is 20.4. The van der Waals surface area contributed by atoms with Crippen molar-refractivity contribution in [2.45, 2.75) is 263 Å². The lowest BCUT2D eigenvalue weighted by Crippen LogP contribution is -2.59. The van der Waals surface area contributed by atoms with Gasteiger partial charge in [0.05, 0.1) is 19.8 Å². The van der Waals surface area contributed by atoms with Gasteiger partial charge in [-0.15, -0.1) is 0 Å². The number of ether oxygens (including phenoxy) is 4. The lowest BCUT2D eigenvalue weighted by Gasteiger charge is -2.39. The third kappa shape index (κ3) is 31.5. The van der Waals surface area contributed by atoms with Crippen molar-refractivity contribution in [1.29, 1.82) is 0 Å². The Morgan fingerprint density at radius 3 is 1.49 bits per heavy atom. The van der Waals surface area contributed by atoms with Crippen molar-refractivity contribution in [2.24, 2.45) is 0 Å². The first-order valence-electron chi connectivity index (χ1n) is 24.3. The number of allylic oxidation sites excluding steroid dienone is 2. The SMILES string of the molecule is CCC/C=C\CCCCCCCC(=O)OC(COCCCCCCCCCCCCCCCCCCCCCCCCCC)COC1OC(CO)C(O)C(O)C1O. The molecule has 9 nitrogen and oxygen atoms in total. The van der Waals surface area contributed by atoms with E-state index >= 15 is 0 Å². The fourth-order valence-electron chi connectivity index (χ4n) is 7.61. The number of unbranched alkanes of at least 4 members (excludes halogenated alkanes) is 29. The second-order valence-electron chi connectivity index (χ2n) is 16.9. The lowest BCUT2D eigenvalue weighted by atomic mass is 9.99. The molecule has 338 valence electrons. The number of hydrogen-bond donors (Lipinski definition) is 4. The van der Waals surface area contributed by atoms with Crippen LogP contribution < -0.4 is 0 Å². The molecule has 0 spiro atoms. The van der Waals surface area contributed by atoms with Gasteiger partial charge in [0.2, 0.25) is 0 Å². The molecule has 4 N–H and O–H groups in total. The van der Waals surface area contributed by atoms with Gasteiger partial charge in [-0.3, -0.25) is 4.79 Å². The van der Waals surface area contributed by atoms with Crippen LogP contribution in [0.4, 0.5) is 0 Å². The Kier molecular flexibility index (Phi) is 38.2. The molecule has 9 heteroatoms. The molecular formula is C48H92O9. The van der Waals surface area contributed by atoms with Crippen molar-refractivity contribution in [2.75, 3.05) is 26.4 Å². The summed E-state index contributed by atoms with van der Waals surface area (Å²) in [6.45, 7) is 4.52. The molecule has 0 bridgehead atoms. The van der Waals surface area contributed by atoms with Crippen LogP contribution in [-0.4, -0.2) is 89.6 Å². The molecule has 0 aromatic rings. The molecule has 1 aliphatic heterocycles. The van der Waals surface area contributed by atoms with Crippen molar-refractivity contribution in [3.05, 3.63) is 12.2 Å². The average molecular weight is 813 g/mol. The molecule has 1 saturated heterocycles. The highest BCUT2D eigenvalue weighted by atomic mass is 16.7. The average Bonchev–Trinajstić information content (AvgIpc) is 3.21. The first-order valence-corrected chi connectivity index (χ1v) is 24.3. The summed E-state index contributed by atoms with van der Waals surface area (Å²) < 4.78 is 22.8. The van der Waals surface area contributed by atoms with Crippen LogP contribution in [0.15, 0.2) is 12.2 Å². The van der Waals surface area contributed by atoms with E-state index in [0.717, 1.165) is 51.4 Å². The van der Waals surface area contributed by atoms with E-state index in [4.69, 9.17) is 18.9 Å². The first kappa shape index (κ1) is 53.9. The van der Waals surface area contributed by atoms with E-state index in [-0.39, 0.29) is 19.2 Å². The summed E-state index contributed by atoms with van der Waals surface area (Å²) >= 11 is 0. The Bertz CT molecular complexity index is 884. The summed E-state index contributed by atoms with van der Waals surface area (Å²) in [7, 11) is 0. The van der Waals surface area contributed by atoms with Crippen LogP contribution in [0, 0.1) is 0 Å². The van der Waals surface area contributed by atoms with Gasteiger partial charge >= 0.3 is 5.97 Å². The zero-order valence-corrected chi connectivity index (χ0v) is 37.1. The molecular weight excluding hydrogens is 721 g/mol. The van der Waals surface area contributed by atoms with E-state index in [2.05, 4.69) is 26.0 Å². The smallest absolute Gasteiger partial charge is 0.306 e. The molecule has 57 heavy (non-hydrogen) atoms. The molecule has 1 rings (SSSR count). The molecule has 0 saturated carbocycles. The summed E-state index contributed by atoms with van der Waals surface area (Å²) in [6.07, 6.45) is 38.4. The van der Waals surface area contributed by atoms with E-state index in [0.29, 0.717) is 13.0 Å².